The van der Waals surface area contributed by atoms with Gasteiger partial charge in [-0.25, -0.2) is 0 Å². The van der Waals surface area contributed by atoms with E-state index in [1.807, 2.05) is 46.0 Å². The maximum Gasteiger partial charge on any atom is 0.276 e. The maximum atomic E-state index is 12.9. The first-order valence-electron chi connectivity index (χ1n) is 9.64. The van der Waals surface area contributed by atoms with E-state index in [0.29, 0.717) is 23.4 Å². The van der Waals surface area contributed by atoms with Crippen LogP contribution in [-0.4, -0.2) is 50.9 Å². The molecule has 0 saturated carbocycles. The van der Waals surface area contributed by atoms with Gasteiger partial charge in [0.1, 0.15) is 12.2 Å². The van der Waals surface area contributed by atoms with Crippen molar-refractivity contribution >= 4 is 46.1 Å². The highest BCUT2D eigenvalue weighted by Gasteiger charge is 2.28. The zero-order valence-electron chi connectivity index (χ0n) is 16.1. The highest BCUT2D eigenvalue weighted by atomic mass is 32.1. The molecule has 2 aliphatic heterocycles. The lowest BCUT2D eigenvalue weighted by atomic mass is 10.0. The second-order valence-electron chi connectivity index (χ2n) is 7.51. The third kappa shape index (κ3) is 3.30. The second-order valence-corrected chi connectivity index (χ2v) is 7.90. The Morgan fingerprint density at radius 2 is 2.11 bits per heavy atom. The first-order chi connectivity index (χ1) is 13.5. The summed E-state index contributed by atoms with van der Waals surface area (Å²) in [5, 5.41) is 4.36. The summed E-state index contributed by atoms with van der Waals surface area (Å²) in [6, 6.07) is 8.23. The number of thiocarbonyl (C=S) groups is 1. The van der Waals surface area contributed by atoms with E-state index in [2.05, 4.69) is 12.2 Å². The summed E-state index contributed by atoms with van der Waals surface area (Å²) >= 11 is 5.15. The maximum absolute atomic E-state index is 12.9. The normalized spacial score (nSPS) is 21.6. The molecule has 0 radical (unpaired) electrons. The van der Waals surface area contributed by atoms with Gasteiger partial charge in [-0.05, 0) is 50.5 Å². The van der Waals surface area contributed by atoms with Crippen LogP contribution in [-0.2, 0) is 16.1 Å². The summed E-state index contributed by atoms with van der Waals surface area (Å²) in [6.07, 6.45) is 7.08. The number of piperidine rings is 1. The van der Waals surface area contributed by atoms with Gasteiger partial charge in [0.2, 0.25) is 5.91 Å². The number of amides is 2. The van der Waals surface area contributed by atoms with E-state index in [9.17, 15) is 9.59 Å². The van der Waals surface area contributed by atoms with E-state index in [1.165, 1.54) is 11.3 Å². The molecule has 28 heavy (non-hydrogen) atoms. The topological polar surface area (TPSA) is 57.6 Å². The molecule has 1 aromatic heterocycles. The first kappa shape index (κ1) is 18.7. The summed E-state index contributed by atoms with van der Waals surface area (Å²) in [6.45, 7) is 3.25. The summed E-state index contributed by atoms with van der Waals surface area (Å²) in [7, 11) is 1.65. The number of likely N-dealkylation sites (tertiary alicyclic amines) is 1. The Morgan fingerprint density at radius 1 is 1.32 bits per heavy atom. The average Bonchev–Trinajstić information content (AvgIpc) is 3.15. The number of para-hydroxylation sites is 1. The molecule has 7 heteroatoms. The van der Waals surface area contributed by atoms with Gasteiger partial charge in [0.05, 0.1) is 0 Å². The van der Waals surface area contributed by atoms with Gasteiger partial charge in [-0.3, -0.25) is 14.5 Å². The van der Waals surface area contributed by atoms with Crippen LogP contribution in [0.4, 0.5) is 0 Å². The van der Waals surface area contributed by atoms with Crippen LogP contribution in [0.1, 0.15) is 31.7 Å². The predicted octanol–water partition coefficient (Wildman–Crippen LogP) is 2.73. The number of nitrogens with one attached hydrogen (secondary N) is 1. The Hall–Kier alpha value is -2.67. The molecule has 0 spiro atoms. The number of carbonyl (C=O) groups excluding carboxylic acids is 2. The number of carbonyl (C=O) groups is 2. The van der Waals surface area contributed by atoms with E-state index in [4.69, 9.17) is 12.2 Å². The fourth-order valence-electron chi connectivity index (χ4n) is 4.00. The predicted molar refractivity (Wildman–Crippen MR) is 113 cm³/mol. The summed E-state index contributed by atoms with van der Waals surface area (Å²) < 4.78 is 1.98. The molecule has 0 bridgehead atoms. The quantitative estimate of drug-likeness (QED) is 0.640. The van der Waals surface area contributed by atoms with Crippen molar-refractivity contribution in [3.8, 4) is 0 Å². The van der Waals surface area contributed by atoms with Crippen LogP contribution in [0.25, 0.3) is 17.0 Å². The van der Waals surface area contributed by atoms with E-state index < -0.39 is 0 Å². The number of fused-ring (bicyclic) bond motifs is 1. The number of aromatic nitrogens is 1. The SMILES string of the molecule is C[C@H]1CCCCN1C(=O)Cn1cc(/C=C2\NC(=S)N(C)C2=O)c2ccccc21. The van der Waals surface area contributed by atoms with Crippen LogP contribution in [0, 0.1) is 0 Å². The zero-order chi connectivity index (χ0) is 19.8. The van der Waals surface area contributed by atoms with E-state index >= 15 is 0 Å². The van der Waals surface area contributed by atoms with Gasteiger partial charge >= 0.3 is 0 Å². The fraction of sp³-hybridized carbons (Fsp3) is 0.381. The van der Waals surface area contributed by atoms with Crippen molar-refractivity contribution in [3.63, 3.8) is 0 Å². The number of hydrogen-bond acceptors (Lipinski definition) is 3. The summed E-state index contributed by atoms with van der Waals surface area (Å²) in [5.74, 6) is -0.0109. The lowest BCUT2D eigenvalue weighted by molar-refractivity contribution is -0.135. The van der Waals surface area contributed by atoms with Crippen LogP contribution < -0.4 is 5.32 Å². The lowest BCUT2D eigenvalue weighted by Gasteiger charge is -2.33. The van der Waals surface area contributed by atoms with Crippen LogP contribution in [0.2, 0.25) is 0 Å². The standard InChI is InChI=1S/C21H24N4O2S/c1-14-7-5-6-10-25(14)19(26)13-24-12-15(16-8-3-4-9-18(16)24)11-17-20(27)23(2)21(28)22-17/h3-4,8-9,11-12,14H,5-7,10,13H2,1-2H3,(H,22,28)/b17-11-/t14-/m0/s1. The van der Waals surface area contributed by atoms with Crippen LogP contribution >= 0.6 is 12.2 Å². The minimum Gasteiger partial charge on any atom is -0.338 e. The van der Waals surface area contributed by atoms with Crippen LogP contribution in [0.5, 0.6) is 0 Å². The van der Waals surface area contributed by atoms with Crippen molar-refractivity contribution in [3.05, 3.63) is 41.7 Å². The zero-order valence-corrected chi connectivity index (χ0v) is 17.0. The van der Waals surface area contributed by atoms with Crippen molar-refractivity contribution in [2.45, 2.75) is 38.8 Å². The molecule has 4 rings (SSSR count). The summed E-state index contributed by atoms with van der Waals surface area (Å²) in [5.41, 5.74) is 2.32. The molecule has 2 aromatic rings. The monoisotopic (exact) mass is 396 g/mol. The third-order valence-electron chi connectivity index (χ3n) is 5.63. The van der Waals surface area contributed by atoms with Gasteiger partial charge in [0.25, 0.3) is 5.91 Å². The molecular formula is C21H24N4O2S. The van der Waals surface area contributed by atoms with Crippen molar-refractivity contribution < 1.29 is 9.59 Å². The summed E-state index contributed by atoms with van der Waals surface area (Å²) in [4.78, 5) is 28.6. The minimum absolute atomic E-state index is 0.142. The van der Waals surface area contributed by atoms with E-state index in [1.54, 1.807) is 7.05 Å². The smallest absolute Gasteiger partial charge is 0.276 e. The molecule has 1 atom stereocenters. The van der Waals surface area contributed by atoms with Gasteiger partial charge in [0.15, 0.2) is 5.11 Å². The molecule has 0 aliphatic carbocycles. The van der Waals surface area contributed by atoms with Crippen molar-refractivity contribution in [1.82, 2.24) is 19.7 Å². The molecule has 2 aliphatic rings. The second kappa shape index (κ2) is 7.39. The number of likely N-dealkylation sites (N-methyl/N-ethyl adjacent to an activating group) is 1. The average molecular weight is 397 g/mol. The number of rotatable bonds is 3. The highest BCUT2D eigenvalue weighted by Crippen LogP contribution is 2.25. The van der Waals surface area contributed by atoms with Gasteiger partial charge < -0.3 is 14.8 Å². The number of hydrogen-bond donors (Lipinski definition) is 1. The number of nitrogens with zero attached hydrogens (tertiary/aromatic N) is 3. The van der Waals surface area contributed by atoms with Gasteiger partial charge in [-0.2, -0.15) is 0 Å². The van der Waals surface area contributed by atoms with Gasteiger partial charge in [0, 0.05) is 42.3 Å². The molecule has 3 heterocycles. The van der Waals surface area contributed by atoms with Crippen LogP contribution in [0.3, 0.4) is 0 Å². The Kier molecular flexibility index (Phi) is 4.93. The van der Waals surface area contributed by atoms with E-state index in [-0.39, 0.29) is 11.8 Å². The highest BCUT2D eigenvalue weighted by molar-refractivity contribution is 7.80. The molecular weight excluding hydrogens is 372 g/mol. The van der Waals surface area contributed by atoms with Crippen molar-refractivity contribution in [2.24, 2.45) is 0 Å². The van der Waals surface area contributed by atoms with Gasteiger partial charge in [-0.1, -0.05) is 18.2 Å². The molecule has 2 amide bonds. The van der Waals surface area contributed by atoms with E-state index in [0.717, 1.165) is 35.9 Å². The Labute approximate surface area is 169 Å². The molecule has 2 fully saturated rings. The molecule has 1 N–H and O–H groups in total. The lowest BCUT2D eigenvalue weighted by Crippen LogP contribution is -2.43. The molecule has 146 valence electrons. The van der Waals surface area contributed by atoms with Crippen molar-refractivity contribution in [2.75, 3.05) is 13.6 Å². The molecule has 0 unspecified atom stereocenters. The minimum atomic E-state index is -0.153. The molecule has 1 aromatic carbocycles. The first-order valence-corrected chi connectivity index (χ1v) is 10.0. The third-order valence-corrected chi connectivity index (χ3v) is 6.01. The largest absolute Gasteiger partial charge is 0.338 e. The fourth-order valence-corrected chi connectivity index (χ4v) is 4.20. The Morgan fingerprint density at radius 3 is 2.82 bits per heavy atom. The van der Waals surface area contributed by atoms with Crippen molar-refractivity contribution in [1.29, 1.82) is 0 Å². The van der Waals surface area contributed by atoms with Gasteiger partial charge in [-0.15, -0.1) is 0 Å². The number of benzene rings is 1. The Bertz CT molecular complexity index is 993. The Balaban J connectivity index is 1.66. The molecule has 2 saturated heterocycles. The van der Waals surface area contributed by atoms with Crippen LogP contribution in [0.15, 0.2) is 36.2 Å². The molecule has 6 nitrogen and oxygen atoms in total.